The van der Waals surface area contributed by atoms with Gasteiger partial charge in [-0.05, 0) is 17.0 Å². The van der Waals surface area contributed by atoms with Gasteiger partial charge in [-0.1, -0.05) is 35.9 Å². The summed E-state index contributed by atoms with van der Waals surface area (Å²) in [5, 5.41) is 0. The first-order valence-corrected chi connectivity index (χ1v) is 4.14. The van der Waals surface area contributed by atoms with Gasteiger partial charge in [0.15, 0.2) is 0 Å². The van der Waals surface area contributed by atoms with Crippen molar-refractivity contribution in [1.29, 1.82) is 0 Å². The van der Waals surface area contributed by atoms with E-state index in [4.69, 9.17) is 5.73 Å². The van der Waals surface area contributed by atoms with Crippen LogP contribution in [-0.2, 0) is 0 Å². The standard InChI is InChI=1S/C8H12BrN/c1-8(2)5-6(9)3-4-7(8)10/h3-4H,5,10H2,1-2H3. The lowest BCUT2D eigenvalue weighted by atomic mass is 9.83. The minimum Gasteiger partial charge on any atom is -0.402 e. The second-order valence-corrected chi connectivity index (χ2v) is 4.31. The quantitative estimate of drug-likeness (QED) is 0.641. The summed E-state index contributed by atoms with van der Waals surface area (Å²) in [5.74, 6) is 0. The van der Waals surface area contributed by atoms with Crippen molar-refractivity contribution in [3.05, 3.63) is 22.3 Å². The van der Waals surface area contributed by atoms with Crippen LogP contribution >= 0.6 is 15.9 Å². The molecule has 2 N–H and O–H groups in total. The Hall–Kier alpha value is -0.240. The number of halogens is 1. The van der Waals surface area contributed by atoms with Gasteiger partial charge < -0.3 is 5.73 Å². The highest BCUT2D eigenvalue weighted by Gasteiger charge is 2.23. The fourth-order valence-corrected chi connectivity index (χ4v) is 1.82. The fourth-order valence-electron chi connectivity index (χ4n) is 0.989. The van der Waals surface area contributed by atoms with Gasteiger partial charge in [-0.15, -0.1) is 0 Å². The van der Waals surface area contributed by atoms with Crippen molar-refractivity contribution in [3.8, 4) is 0 Å². The van der Waals surface area contributed by atoms with Crippen molar-refractivity contribution in [3.63, 3.8) is 0 Å². The highest BCUT2D eigenvalue weighted by molar-refractivity contribution is 9.11. The molecule has 0 heterocycles. The van der Waals surface area contributed by atoms with Crippen LogP contribution in [0.3, 0.4) is 0 Å². The molecule has 0 atom stereocenters. The van der Waals surface area contributed by atoms with Crippen LogP contribution in [0.15, 0.2) is 22.3 Å². The summed E-state index contributed by atoms with van der Waals surface area (Å²) in [6.45, 7) is 4.29. The molecule has 10 heavy (non-hydrogen) atoms. The molecule has 0 aromatic heterocycles. The molecule has 56 valence electrons. The third-order valence-electron chi connectivity index (χ3n) is 1.84. The zero-order valence-corrected chi connectivity index (χ0v) is 7.90. The maximum atomic E-state index is 5.77. The Morgan fingerprint density at radius 3 is 2.50 bits per heavy atom. The first kappa shape index (κ1) is 7.86. The highest BCUT2D eigenvalue weighted by atomic mass is 79.9. The molecule has 0 aliphatic heterocycles. The number of rotatable bonds is 0. The molecule has 0 amide bonds. The number of hydrogen-bond donors (Lipinski definition) is 1. The summed E-state index contributed by atoms with van der Waals surface area (Å²) >= 11 is 3.45. The molecule has 0 saturated heterocycles. The molecule has 0 aromatic rings. The third kappa shape index (κ3) is 1.43. The van der Waals surface area contributed by atoms with Crippen molar-refractivity contribution >= 4 is 15.9 Å². The molecular weight excluding hydrogens is 190 g/mol. The molecular formula is C8H12BrN. The second kappa shape index (κ2) is 2.42. The van der Waals surface area contributed by atoms with Crippen molar-refractivity contribution in [1.82, 2.24) is 0 Å². The summed E-state index contributed by atoms with van der Waals surface area (Å²) in [6.07, 6.45) is 4.99. The van der Waals surface area contributed by atoms with Gasteiger partial charge in [0.25, 0.3) is 0 Å². The summed E-state index contributed by atoms with van der Waals surface area (Å²) < 4.78 is 1.23. The molecule has 1 rings (SSSR count). The molecule has 0 aromatic carbocycles. The molecule has 0 radical (unpaired) electrons. The van der Waals surface area contributed by atoms with Crippen molar-refractivity contribution in [2.75, 3.05) is 0 Å². The predicted molar refractivity (Wildman–Crippen MR) is 47.7 cm³/mol. The Bertz CT molecular complexity index is 201. The maximum Gasteiger partial charge on any atom is 0.0142 e. The van der Waals surface area contributed by atoms with Crippen LogP contribution in [0, 0.1) is 5.41 Å². The van der Waals surface area contributed by atoms with Crippen LogP contribution in [0.1, 0.15) is 20.3 Å². The zero-order valence-electron chi connectivity index (χ0n) is 6.32. The Morgan fingerprint density at radius 1 is 1.50 bits per heavy atom. The maximum absolute atomic E-state index is 5.77. The SMILES string of the molecule is CC1(C)CC(Br)=CC=C1N. The van der Waals surface area contributed by atoms with Crippen molar-refractivity contribution < 1.29 is 0 Å². The van der Waals surface area contributed by atoms with E-state index in [1.54, 1.807) is 0 Å². The molecule has 1 nitrogen and oxygen atoms in total. The van der Waals surface area contributed by atoms with Gasteiger partial charge >= 0.3 is 0 Å². The fraction of sp³-hybridized carbons (Fsp3) is 0.500. The van der Waals surface area contributed by atoms with Gasteiger partial charge in [-0.3, -0.25) is 0 Å². The van der Waals surface area contributed by atoms with Crippen LogP contribution < -0.4 is 5.73 Å². The lowest BCUT2D eigenvalue weighted by Gasteiger charge is -2.27. The molecule has 0 fully saturated rings. The summed E-state index contributed by atoms with van der Waals surface area (Å²) in [6, 6.07) is 0. The second-order valence-electron chi connectivity index (χ2n) is 3.30. The van der Waals surface area contributed by atoms with Crippen LogP contribution in [0.25, 0.3) is 0 Å². The van der Waals surface area contributed by atoms with Gasteiger partial charge in [0, 0.05) is 11.1 Å². The lowest BCUT2D eigenvalue weighted by molar-refractivity contribution is 0.440. The summed E-state index contributed by atoms with van der Waals surface area (Å²) in [7, 11) is 0. The van der Waals surface area contributed by atoms with Gasteiger partial charge in [-0.2, -0.15) is 0 Å². The van der Waals surface area contributed by atoms with Crippen LogP contribution in [0.5, 0.6) is 0 Å². The van der Waals surface area contributed by atoms with E-state index in [1.807, 2.05) is 12.2 Å². The van der Waals surface area contributed by atoms with Crippen molar-refractivity contribution in [2.45, 2.75) is 20.3 Å². The van der Waals surface area contributed by atoms with E-state index in [1.165, 1.54) is 4.48 Å². The zero-order chi connectivity index (χ0) is 7.78. The lowest BCUT2D eigenvalue weighted by Crippen LogP contribution is -2.22. The third-order valence-corrected chi connectivity index (χ3v) is 2.38. The van der Waals surface area contributed by atoms with Gasteiger partial charge in [0.1, 0.15) is 0 Å². The Balaban J connectivity index is 2.89. The van der Waals surface area contributed by atoms with E-state index in [9.17, 15) is 0 Å². The van der Waals surface area contributed by atoms with Gasteiger partial charge in [0.2, 0.25) is 0 Å². The molecule has 1 aliphatic carbocycles. The average Bonchev–Trinajstić information content (AvgIpc) is 1.78. The first-order chi connectivity index (χ1) is 4.52. The minimum atomic E-state index is 0.133. The monoisotopic (exact) mass is 201 g/mol. The van der Waals surface area contributed by atoms with Crippen LogP contribution in [0.2, 0.25) is 0 Å². The Kier molecular flexibility index (Phi) is 1.90. The van der Waals surface area contributed by atoms with E-state index < -0.39 is 0 Å². The number of allylic oxidation sites excluding steroid dienone is 4. The molecule has 2 heteroatoms. The largest absolute Gasteiger partial charge is 0.402 e. The predicted octanol–water partition coefficient (Wildman–Crippen LogP) is 2.54. The van der Waals surface area contributed by atoms with E-state index in [0.29, 0.717) is 0 Å². The normalized spacial score (nSPS) is 23.5. The smallest absolute Gasteiger partial charge is 0.0142 e. The first-order valence-electron chi connectivity index (χ1n) is 3.35. The van der Waals surface area contributed by atoms with E-state index >= 15 is 0 Å². The van der Waals surface area contributed by atoms with Gasteiger partial charge in [-0.25, -0.2) is 0 Å². The van der Waals surface area contributed by atoms with Crippen LogP contribution in [-0.4, -0.2) is 0 Å². The van der Waals surface area contributed by atoms with Crippen LogP contribution in [0.4, 0.5) is 0 Å². The van der Waals surface area contributed by atoms with Crippen molar-refractivity contribution in [2.24, 2.45) is 11.1 Å². The summed E-state index contributed by atoms with van der Waals surface area (Å²) in [4.78, 5) is 0. The number of nitrogens with two attached hydrogens (primary N) is 1. The molecule has 1 aliphatic rings. The van der Waals surface area contributed by atoms with E-state index in [0.717, 1.165) is 12.1 Å². The minimum absolute atomic E-state index is 0.133. The average molecular weight is 202 g/mol. The van der Waals surface area contributed by atoms with Gasteiger partial charge in [0.05, 0.1) is 0 Å². The molecule has 0 saturated carbocycles. The molecule has 0 unspecified atom stereocenters. The number of hydrogen-bond acceptors (Lipinski definition) is 1. The molecule has 0 bridgehead atoms. The Morgan fingerprint density at radius 2 is 2.10 bits per heavy atom. The molecule has 0 spiro atoms. The topological polar surface area (TPSA) is 26.0 Å². The van der Waals surface area contributed by atoms with E-state index in [2.05, 4.69) is 29.8 Å². The summed E-state index contributed by atoms with van der Waals surface area (Å²) in [5.41, 5.74) is 6.87. The van der Waals surface area contributed by atoms with E-state index in [-0.39, 0.29) is 5.41 Å². The highest BCUT2D eigenvalue weighted by Crippen LogP contribution is 2.35. The Labute approximate surface area is 70.1 Å².